The second-order valence-electron chi connectivity index (χ2n) is 7.28. The third kappa shape index (κ3) is 3.31. The van der Waals surface area contributed by atoms with Crippen molar-refractivity contribution >= 4 is 16.9 Å². The molecule has 2 aliphatic heterocycles. The molecule has 0 radical (unpaired) electrons. The monoisotopic (exact) mass is 371 g/mol. The van der Waals surface area contributed by atoms with Crippen LogP contribution in [0.25, 0.3) is 10.9 Å². The van der Waals surface area contributed by atoms with Gasteiger partial charge in [0.05, 0.1) is 37.0 Å². The van der Waals surface area contributed by atoms with E-state index in [0.717, 1.165) is 18.4 Å². The van der Waals surface area contributed by atoms with Crippen molar-refractivity contribution in [3.05, 3.63) is 35.5 Å². The van der Waals surface area contributed by atoms with Crippen molar-refractivity contribution in [2.45, 2.75) is 37.6 Å². The Hall–Kier alpha value is -2.43. The predicted octanol–water partition coefficient (Wildman–Crippen LogP) is 2.50. The molecule has 142 valence electrons. The first-order chi connectivity index (χ1) is 13.1. The van der Waals surface area contributed by atoms with Crippen LogP contribution in [-0.2, 0) is 16.0 Å². The van der Waals surface area contributed by atoms with E-state index >= 15 is 0 Å². The van der Waals surface area contributed by atoms with Gasteiger partial charge in [0, 0.05) is 42.0 Å². The highest BCUT2D eigenvalue weighted by Gasteiger charge is 2.38. The standard InChI is InChI=1S/C20H22FN3O3/c1-23-14-7-16(8-15(23)12-26-11-14)27-20(25)18-10-24(5-4-21)19-3-2-13(9-22)6-17(18)19/h2-3,6,10,14-16H,4-5,7-8,11-12H2,1H3/t14-,15+,16?. The molecule has 6 nitrogen and oxygen atoms in total. The number of carbonyl (C=O) groups excluding carboxylic acids is 1. The molecule has 2 fully saturated rings. The number of fused-ring (bicyclic) bond motifs is 3. The highest BCUT2D eigenvalue weighted by Crippen LogP contribution is 2.30. The zero-order chi connectivity index (χ0) is 19.0. The van der Waals surface area contributed by atoms with Gasteiger partial charge < -0.3 is 14.0 Å². The number of ether oxygens (including phenoxy) is 2. The Morgan fingerprint density at radius 2 is 2.11 bits per heavy atom. The molecule has 1 aromatic heterocycles. The van der Waals surface area contributed by atoms with E-state index in [1.54, 1.807) is 29.0 Å². The molecule has 27 heavy (non-hydrogen) atoms. The summed E-state index contributed by atoms with van der Waals surface area (Å²) in [5.41, 5.74) is 1.57. The van der Waals surface area contributed by atoms with E-state index in [1.165, 1.54) is 0 Å². The lowest BCUT2D eigenvalue weighted by molar-refractivity contribution is -0.0970. The maximum atomic E-state index is 12.9. The molecule has 4 rings (SSSR count). The van der Waals surface area contributed by atoms with Gasteiger partial charge in [-0.05, 0) is 25.2 Å². The predicted molar refractivity (Wildman–Crippen MR) is 97.2 cm³/mol. The van der Waals surface area contributed by atoms with Crippen LogP contribution in [0, 0.1) is 11.3 Å². The Morgan fingerprint density at radius 1 is 1.37 bits per heavy atom. The summed E-state index contributed by atoms with van der Waals surface area (Å²) in [6.45, 7) is 0.937. The van der Waals surface area contributed by atoms with Crippen LogP contribution in [0.5, 0.6) is 0 Å². The first kappa shape index (κ1) is 18.0. The molecule has 1 unspecified atom stereocenters. The highest BCUT2D eigenvalue weighted by atomic mass is 19.1. The van der Waals surface area contributed by atoms with Gasteiger partial charge in [-0.25, -0.2) is 9.18 Å². The molecule has 0 spiro atoms. The second-order valence-corrected chi connectivity index (χ2v) is 7.28. The van der Waals surface area contributed by atoms with Gasteiger partial charge in [0.15, 0.2) is 0 Å². The Balaban J connectivity index is 1.60. The van der Waals surface area contributed by atoms with Crippen molar-refractivity contribution in [2.75, 3.05) is 26.9 Å². The highest BCUT2D eigenvalue weighted by molar-refractivity contribution is 6.04. The number of nitriles is 1. The molecule has 2 aromatic rings. The van der Waals surface area contributed by atoms with Gasteiger partial charge in [0.25, 0.3) is 0 Å². The Morgan fingerprint density at radius 3 is 2.78 bits per heavy atom. The lowest BCUT2D eigenvalue weighted by atomic mass is 9.92. The normalized spacial score (nSPS) is 25.3. The second kappa shape index (κ2) is 7.29. The van der Waals surface area contributed by atoms with Gasteiger partial charge in [-0.3, -0.25) is 4.90 Å². The molecule has 3 heterocycles. The molecule has 2 aliphatic rings. The number of rotatable bonds is 4. The van der Waals surface area contributed by atoms with Gasteiger partial charge in [0.1, 0.15) is 12.8 Å². The topological polar surface area (TPSA) is 67.5 Å². The fourth-order valence-corrected chi connectivity index (χ4v) is 4.16. The molecule has 7 heteroatoms. The fourth-order valence-electron chi connectivity index (χ4n) is 4.16. The smallest absolute Gasteiger partial charge is 0.340 e. The van der Waals surface area contributed by atoms with E-state index in [9.17, 15) is 9.18 Å². The third-order valence-corrected chi connectivity index (χ3v) is 5.67. The number of halogens is 1. The molecule has 0 N–H and O–H groups in total. The Kier molecular flexibility index (Phi) is 4.85. The van der Waals surface area contributed by atoms with Gasteiger partial charge in [0.2, 0.25) is 0 Å². The largest absolute Gasteiger partial charge is 0.459 e. The minimum Gasteiger partial charge on any atom is -0.459 e. The van der Waals surface area contributed by atoms with Crippen molar-refractivity contribution in [2.24, 2.45) is 0 Å². The minimum atomic E-state index is -0.531. The lowest BCUT2D eigenvalue weighted by Gasteiger charge is -2.46. The van der Waals surface area contributed by atoms with Crippen molar-refractivity contribution in [1.82, 2.24) is 9.47 Å². The van der Waals surface area contributed by atoms with E-state index < -0.39 is 12.6 Å². The Bertz CT molecular complexity index is 890. The zero-order valence-electron chi connectivity index (χ0n) is 15.2. The molecule has 2 bridgehead atoms. The van der Waals surface area contributed by atoms with Gasteiger partial charge in [-0.2, -0.15) is 5.26 Å². The van der Waals surface area contributed by atoms with Crippen LogP contribution >= 0.6 is 0 Å². The zero-order valence-corrected chi connectivity index (χ0v) is 15.2. The van der Waals surface area contributed by atoms with Gasteiger partial charge in [-0.1, -0.05) is 0 Å². The number of likely N-dealkylation sites (N-methyl/N-ethyl adjacent to an activating group) is 1. The number of alkyl halides is 1. The molecule has 1 aromatic carbocycles. The summed E-state index contributed by atoms with van der Waals surface area (Å²) in [6.07, 6.45) is 2.95. The summed E-state index contributed by atoms with van der Waals surface area (Å²) >= 11 is 0. The van der Waals surface area contributed by atoms with Gasteiger partial charge >= 0.3 is 5.97 Å². The first-order valence-corrected chi connectivity index (χ1v) is 9.20. The average molecular weight is 371 g/mol. The molecule has 0 amide bonds. The van der Waals surface area contributed by atoms with Crippen LogP contribution < -0.4 is 0 Å². The van der Waals surface area contributed by atoms with E-state index in [0.29, 0.717) is 29.7 Å². The molecule has 2 saturated heterocycles. The van der Waals surface area contributed by atoms with Crippen molar-refractivity contribution in [1.29, 1.82) is 5.26 Å². The Labute approximate surface area is 157 Å². The molecular weight excluding hydrogens is 349 g/mol. The lowest BCUT2D eigenvalue weighted by Crippen LogP contribution is -2.56. The number of nitrogens with zero attached hydrogens (tertiary/aromatic N) is 3. The number of aryl methyl sites for hydroxylation is 1. The van der Waals surface area contributed by atoms with E-state index in [-0.39, 0.29) is 24.7 Å². The van der Waals surface area contributed by atoms with Crippen LogP contribution in [0.1, 0.15) is 28.8 Å². The number of aromatic nitrogens is 1. The number of hydrogen-bond acceptors (Lipinski definition) is 5. The van der Waals surface area contributed by atoms with Gasteiger partial charge in [-0.15, -0.1) is 0 Å². The minimum absolute atomic E-state index is 0.158. The number of benzene rings is 1. The number of piperidine rings is 1. The fraction of sp³-hybridized carbons (Fsp3) is 0.500. The average Bonchev–Trinajstić information content (AvgIpc) is 3.01. The maximum absolute atomic E-state index is 12.9. The van der Waals surface area contributed by atoms with E-state index in [4.69, 9.17) is 14.7 Å². The summed E-state index contributed by atoms with van der Waals surface area (Å²) in [7, 11) is 2.09. The summed E-state index contributed by atoms with van der Waals surface area (Å²) in [6, 6.07) is 7.68. The van der Waals surface area contributed by atoms with E-state index in [1.807, 2.05) is 0 Å². The third-order valence-electron chi connectivity index (χ3n) is 5.67. The number of carbonyl (C=O) groups is 1. The molecular formula is C20H22FN3O3. The SMILES string of the molecule is CN1[C@@H]2COC[C@H]1CC(OC(=O)c1cn(CCF)c3ccc(C#N)cc13)C2. The van der Waals surface area contributed by atoms with Crippen LogP contribution in [0.3, 0.4) is 0 Å². The number of esters is 1. The van der Waals surface area contributed by atoms with E-state index in [2.05, 4.69) is 18.0 Å². The van der Waals surface area contributed by atoms with Crippen molar-refractivity contribution in [3.8, 4) is 6.07 Å². The summed E-state index contributed by atoms with van der Waals surface area (Å²) < 4.78 is 26.0. The maximum Gasteiger partial charge on any atom is 0.340 e. The van der Waals surface area contributed by atoms with Crippen LogP contribution in [0.4, 0.5) is 4.39 Å². The molecule has 0 saturated carbocycles. The molecule has 3 atom stereocenters. The van der Waals surface area contributed by atoms with Crippen LogP contribution in [0.2, 0.25) is 0 Å². The first-order valence-electron chi connectivity index (χ1n) is 9.20. The summed E-state index contributed by atoms with van der Waals surface area (Å²) in [5.74, 6) is -0.416. The number of hydrogen-bond donors (Lipinski definition) is 0. The van der Waals surface area contributed by atoms with Crippen LogP contribution in [-0.4, -0.2) is 60.6 Å². The quantitative estimate of drug-likeness (QED) is 0.773. The number of morpholine rings is 1. The molecule has 0 aliphatic carbocycles. The van der Waals surface area contributed by atoms with Crippen molar-refractivity contribution in [3.63, 3.8) is 0 Å². The van der Waals surface area contributed by atoms with Crippen LogP contribution in [0.15, 0.2) is 24.4 Å². The summed E-state index contributed by atoms with van der Waals surface area (Å²) in [5, 5.41) is 9.79. The van der Waals surface area contributed by atoms with Crippen molar-refractivity contribution < 1.29 is 18.7 Å². The summed E-state index contributed by atoms with van der Waals surface area (Å²) in [4.78, 5) is 15.2.